The van der Waals surface area contributed by atoms with Crippen molar-refractivity contribution in [3.8, 4) is 11.5 Å². The second-order valence-electron chi connectivity index (χ2n) is 8.86. The number of ether oxygens (including phenoxy) is 2. The SMILES string of the molecule is COc1ccc(S(=O)(=O)NC[C@H](c2ccc(N(C)C)cc2)N2CCc3ccccc3C2)c(OC)c1. The van der Waals surface area contributed by atoms with E-state index in [0.29, 0.717) is 5.75 Å². The monoisotopic (exact) mass is 495 g/mol. The van der Waals surface area contributed by atoms with Crippen LogP contribution in [-0.4, -0.2) is 54.7 Å². The molecule has 0 saturated heterocycles. The Hall–Kier alpha value is -3.07. The van der Waals surface area contributed by atoms with Gasteiger partial charge in [0.15, 0.2) is 0 Å². The molecule has 35 heavy (non-hydrogen) atoms. The van der Waals surface area contributed by atoms with Gasteiger partial charge in [-0.15, -0.1) is 0 Å². The maximum absolute atomic E-state index is 13.3. The summed E-state index contributed by atoms with van der Waals surface area (Å²) in [6, 6.07) is 21.4. The third kappa shape index (κ3) is 5.61. The van der Waals surface area contributed by atoms with Crippen molar-refractivity contribution in [2.45, 2.75) is 23.9 Å². The van der Waals surface area contributed by atoms with Crippen molar-refractivity contribution in [2.75, 3.05) is 46.3 Å². The second kappa shape index (κ2) is 10.7. The lowest BCUT2D eigenvalue weighted by atomic mass is 9.96. The Balaban J connectivity index is 1.62. The molecule has 0 unspecified atom stereocenters. The number of methoxy groups -OCH3 is 2. The lowest BCUT2D eigenvalue weighted by molar-refractivity contribution is 0.180. The van der Waals surface area contributed by atoms with Crippen molar-refractivity contribution < 1.29 is 17.9 Å². The van der Waals surface area contributed by atoms with E-state index < -0.39 is 10.0 Å². The zero-order valence-electron chi connectivity index (χ0n) is 20.7. The fraction of sp³-hybridized carbons (Fsp3) is 0.333. The molecule has 0 spiro atoms. The maximum Gasteiger partial charge on any atom is 0.244 e. The van der Waals surface area contributed by atoms with Crippen LogP contribution >= 0.6 is 0 Å². The summed E-state index contributed by atoms with van der Waals surface area (Å²) < 4.78 is 40.0. The molecule has 0 bridgehead atoms. The fourth-order valence-electron chi connectivity index (χ4n) is 4.50. The van der Waals surface area contributed by atoms with Crippen molar-refractivity contribution in [1.82, 2.24) is 9.62 Å². The number of sulfonamides is 1. The van der Waals surface area contributed by atoms with E-state index in [2.05, 4.69) is 63.1 Å². The average molecular weight is 496 g/mol. The molecular weight excluding hydrogens is 462 g/mol. The Bertz CT molecular complexity index is 1260. The normalized spacial score (nSPS) is 14.7. The van der Waals surface area contributed by atoms with Crippen LogP contribution < -0.4 is 19.1 Å². The van der Waals surface area contributed by atoms with E-state index >= 15 is 0 Å². The summed E-state index contributed by atoms with van der Waals surface area (Å²) in [5.74, 6) is 0.780. The quantitative estimate of drug-likeness (QED) is 0.486. The van der Waals surface area contributed by atoms with Gasteiger partial charge in [-0.1, -0.05) is 36.4 Å². The number of fused-ring (bicyclic) bond motifs is 1. The number of anilines is 1. The Morgan fingerprint density at radius 3 is 2.34 bits per heavy atom. The molecular formula is C27H33N3O4S. The molecule has 0 aliphatic carbocycles. The Morgan fingerprint density at radius 1 is 0.971 bits per heavy atom. The third-order valence-electron chi connectivity index (χ3n) is 6.52. The minimum absolute atomic E-state index is 0.0893. The Morgan fingerprint density at radius 2 is 1.69 bits per heavy atom. The lowest BCUT2D eigenvalue weighted by Crippen LogP contribution is -2.40. The summed E-state index contributed by atoms with van der Waals surface area (Å²) in [5.41, 5.74) is 4.81. The van der Waals surface area contributed by atoms with Crippen LogP contribution in [0.15, 0.2) is 71.6 Å². The molecule has 3 aromatic carbocycles. The van der Waals surface area contributed by atoms with Crippen LogP contribution in [0, 0.1) is 0 Å². The van der Waals surface area contributed by atoms with Gasteiger partial charge in [-0.25, -0.2) is 13.1 Å². The van der Waals surface area contributed by atoms with E-state index in [1.54, 1.807) is 12.1 Å². The van der Waals surface area contributed by atoms with Crippen LogP contribution in [0.2, 0.25) is 0 Å². The molecule has 3 aromatic rings. The van der Waals surface area contributed by atoms with E-state index in [1.165, 1.54) is 31.4 Å². The summed E-state index contributed by atoms with van der Waals surface area (Å²) in [4.78, 5) is 4.49. The molecule has 0 saturated carbocycles. The average Bonchev–Trinajstić information content (AvgIpc) is 2.88. The van der Waals surface area contributed by atoms with Crippen LogP contribution in [0.5, 0.6) is 11.5 Å². The second-order valence-corrected chi connectivity index (χ2v) is 10.6. The minimum Gasteiger partial charge on any atom is -0.497 e. The first-order valence-corrected chi connectivity index (χ1v) is 13.1. The predicted octanol–water partition coefficient (Wildman–Crippen LogP) is 3.85. The molecule has 0 radical (unpaired) electrons. The standard InChI is InChI=1S/C27H33N3O4S/c1-29(2)23-11-9-21(10-12-23)25(30-16-15-20-7-5-6-8-22(20)19-30)18-28-35(31,32)27-14-13-24(33-3)17-26(27)34-4/h5-14,17,25,28H,15-16,18-19H2,1-4H3/t25-/m1/s1. The molecule has 1 atom stereocenters. The van der Waals surface area contributed by atoms with Crippen molar-refractivity contribution in [3.63, 3.8) is 0 Å². The van der Waals surface area contributed by atoms with Crippen LogP contribution in [0.25, 0.3) is 0 Å². The number of rotatable bonds is 9. The van der Waals surface area contributed by atoms with Gasteiger partial charge < -0.3 is 14.4 Å². The summed E-state index contributed by atoms with van der Waals surface area (Å²) in [6.45, 7) is 1.86. The van der Waals surface area contributed by atoms with Gasteiger partial charge in [0.1, 0.15) is 16.4 Å². The zero-order chi connectivity index (χ0) is 25.0. The van der Waals surface area contributed by atoms with E-state index in [4.69, 9.17) is 9.47 Å². The first-order valence-electron chi connectivity index (χ1n) is 11.6. The summed E-state index contributed by atoms with van der Waals surface area (Å²) >= 11 is 0. The smallest absolute Gasteiger partial charge is 0.244 e. The topological polar surface area (TPSA) is 71.1 Å². The van der Waals surface area contributed by atoms with E-state index in [-0.39, 0.29) is 23.2 Å². The highest BCUT2D eigenvalue weighted by atomic mass is 32.2. The number of hydrogen-bond donors (Lipinski definition) is 1. The van der Waals surface area contributed by atoms with E-state index in [1.807, 2.05) is 14.1 Å². The van der Waals surface area contributed by atoms with Gasteiger partial charge >= 0.3 is 0 Å². The van der Waals surface area contributed by atoms with Crippen LogP contribution in [-0.2, 0) is 23.0 Å². The molecule has 1 aliphatic rings. The number of hydrogen-bond acceptors (Lipinski definition) is 6. The third-order valence-corrected chi connectivity index (χ3v) is 7.99. The molecule has 8 heteroatoms. The van der Waals surface area contributed by atoms with Gasteiger partial charge in [-0.05, 0) is 47.4 Å². The van der Waals surface area contributed by atoms with Crippen LogP contribution in [0.1, 0.15) is 22.7 Å². The van der Waals surface area contributed by atoms with Crippen molar-refractivity contribution >= 4 is 15.7 Å². The summed E-state index contributed by atoms with van der Waals surface area (Å²) in [6.07, 6.45) is 0.932. The first kappa shape index (κ1) is 25.0. The Labute approximate surface area is 208 Å². The summed E-state index contributed by atoms with van der Waals surface area (Å²) in [5, 5.41) is 0. The van der Waals surface area contributed by atoms with Gasteiger partial charge in [0, 0.05) is 51.5 Å². The van der Waals surface area contributed by atoms with Crippen molar-refractivity contribution in [2.24, 2.45) is 0 Å². The number of nitrogens with zero attached hydrogens (tertiary/aromatic N) is 2. The lowest BCUT2D eigenvalue weighted by Gasteiger charge is -2.36. The first-order chi connectivity index (χ1) is 16.8. The largest absolute Gasteiger partial charge is 0.497 e. The van der Waals surface area contributed by atoms with Crippen molar-refractivity contribution in [3.05, 3.63) is 83.4 Å². The molecule has 1 aliphatic heterocycles. The summed E-state index contributed by atoms with van der Waals surface area (Å²) in [7, 11) is 3.18. The van der Waals surface area contributed by atoms with Crippen LogP contribution in [0.3, 0.4) is 0 Å². The molecule has 7 nitrogen and oxygen atoms in total. The minimum atomic E-state index is -3.82. The highest BCUT2D eigenvalue weighted by Crippen LogP contribution is 2.31. The number of nitrogens with one attached hydrogen (secondary N) is 1. The molecule has 186 valence electrons. The molecule has 4 rings (SSSR count). The van der Waals surface area contributed by atoms with E-state index in [9.17, 15) is 8.42 Å². The van der Waals surface area contributed by atoms with Gasteiger partial charge in [0.05, 0.1) is 14.2 Å². The molecule has 0 fully saturated rings. The Kier molecular flexibility index (Phi) is 7.64. The van der Waals surface area contributed by atoms with Gasteiger partial charge in [0.25, 0.3) is 0 Å². The predicted molar refractivity (Wildman–Crippen MR) is 139 cm³/mol. The number of benzene rings is 3. The van der Waals surface area contributed by atoms with E-state index in [0.717, 1.165) is 30.8 Å². The highest BCUT2D eigenvalue weighted by molar-refractivity contribution is 7.89. The van der Waals surface area contributed by atoms with Gasteiger partial charge in [-0.2, -0.15) is 0 Å². The highest BCUT2D eigenvalue weighted by Gasteiger charge is 2.28. The van der Waals surface area contributed by atoms with Crippen molar-refractivity contribution in [1.29, 1.82) is 0 Å². The zero-order valence-corrected chi connectivity index (χ0v) is 21.5. The van der Waals surface area contributed by atoms with Crippen LogP contribution in [0.4, 0.5) is 5.69 Å². The van der Waals surface area contributed by atoms with Gasteiger partial charge in [-0.3, -0.25) is 4.90 Å². The van der Waals surface area contributed by atoms with Gasteiger partial charge in [0.2, 0.25) is 10.0 Å². The molecule has 1 N–H and O–H groups in total. The molecule has 0 amide bonds. The molecule has 0 aromatic heterocycles. The fourth-order valence-corrected chi connectivity index (χ4v) is 5.69. The molecule has 1 heterocycles. The maximum atomic E-state index is 13.3.